The third-order valence-electron chi connectivity index (χ3n) is 3.25. The number of aromatic nitrogens is 1. The number of piperidine rings is 1. The molecule has 2 nitrogen and oxygen atoms in total. The first-order chi connectivity index (χ1) is 11.6. The first kappa shape index (κ1) is 21.9. The van der Waals surface area contributed by atoms with Crippen molar-refractivity contribution < 1.29 is 13.5 Å². The summed E-state index contributed by atoms with van der Waals surface area (Å²) in [6.07, 6.45) is 6.24. The minimum atomic E-state index is -1.61. The minimum absolute atomic E-state index is 0.973. The molecule has 1 aliphatic rings. The van der Waals surface area contributed by atoms with Gasteiger partial charge in [0.1, 0.15) is 0 Å². The molecule has 1 aromatic carbocycles. The van der Waals surface area contributed by atoms with E-state index in [9.17, 15) is 0 Å². The maximum atomic E-state index is 5.67. The molecule has 0 aliphatic carbocycles. The summed E-state index contributed by atoms with van der Waals surface area (Å²) in [5.41, 5.74) is 1.12. The normalized spacial score (nSPS) is 14.4. The van der Waals surface area contributed by atoms with E-state index in [1.165, 1.54) is 25.9 Å². The van der Waals surface area contributed by atoms with Crippen LogP contribution in [0.4, 0.5) is 0 Å². The van der Waals surface area contributed by atoms with E-state index in [-0.39, 0.29) is 0 Å². The van der Waals surface area contributed by atoms with Gasteiger partial charge in [-0.15, -0.1) is 0 Å². The van der Waals surface area contributed by atoms with E-state index in [2.05, 4.69) is 33.2 Å². The Morgan fingerprint density at radius 3 is 2.17 bits per heavy atom. The quantitative estimate of drug-likeness (QED) is 0.496. The van der Waals surface area contributed by atoms with Gasteiger partial charge in [0.2, 0.25) is 0 Å². The molecule has 1 saturated heterocycles. The van der Waals surface area contributed by atoms with Gasteiger partial charge in [0, 0.05) is 16.9 Å². The van der Waals surface area contributed by atoms with Crippen LogP contribution in [0.1, 0.15) is 25.3 Å². The van der Waals surface area contributed by atoms with Gasteiger partial charge in [-0.05, 0) is 59.9 Å². The fourth-order valence-corrected chi connectivity index (χ4v) is 4.02. The molecule has 0 bridgehead atoms. The van der Waals surface area contributed by atoms with Gasteiger partial charge in [-0.3, -0.25) is 4.98 Å². The zero-order chi connectivity index (χ0) is 17.6. The number of pyridine rings is 1. The molecule has 134 valence electrons. The standard InChI is InChI=1S/C7H6.C6H13N.C5H4BrN.2ClH.Ru/c1-7-5-3-2-4-6-7;1-6-2-4-7-5-3-6;6-5-2-1-3-7-4-5;;;/h1-6H;6-7H,2-5H2,1H3;1-4H;2*1H;/q;;;;;+2/p-2. The van der Waals surface area contributed by atoms with Crippen molar-refractivity contribution in [3.63, 3.8) is 0 Å². The van der Waals surface area contributed by atoms with Gasteiger partial charge in [0.25, 0.3) is 0 Å². The molecular formula is C18H23BrCl2N2Ru. The third kappa shape index (κ3) is 12.3. The Morgan fingerprint density at radius 2 is 1.79 bits per heavy atom. The van der Waals surface area contributed by atoms with Crippen LogP contribution < -0.4 is 5.32 Å². The van der Waals surface area contributed by atoms with Crippen LogP contribution in [0.3, 0.4) is 0 Å². The topological polar surface area (TPSA) is 24.9 Å². The van der Waals surface area contributed by atoms with Crippen molar-refractivity contribution in [3.05, 3.63) is 64.9 Å². The zero-order valence-corrected chi connectivity index (χ0v) is 18.4. The average Bonchev–Trinajstić information content (AvgIpc) is 2.58. The molecule has 2 aromatic rings. The number of benzene rings is 1. The van der Waals surface area contributed by atoms with E-state index in [1.807, 2.05) is 47.1 Å². The molecule has 0 amide bonds. The molecule has 1 aromatic heterocycles. The molecule has 0 saturated carbocycles. The second kappa shape index (κ2) is 14.1. The van der Waals surface area contributed by atoms with E-state index in [4.69, 9.17) is 19.4 Å². The van der Waals surface area contributed by atoms with Crippen molar-refractivity contribution in [1.29, 1.82) is 0 Å². The van der Waals surface area contributed by atoms with Gasteiger partial charge in [-0.25, -0.2) is 0 Å². The Morgan fingerprint density at radius 1 is 1.12 bits per heavy atom. The van der Waals surface area contributed by atoms with E-state index >= 15 is 0 Å². The van der Waals surface area contributed by atoms with Crippen LogP contribution in [0.25, 0.3) is 0 Å². The van der Waals surface area contributed by atoms with Crippen LogP contribution in [-0.2, 0) is 13.5 Å². The molecule has 0 atom stereocenters. The molecule has 3 rings (SSSR count). The molecule has 0 unspecified atom stereocenters. The molecule has 6 heteroatoms. The SMILES string of the molecule is Brc1cccnc1.CC1CCNCC1.[Cl][Ru]([Cl])=[CH]c1ccccc1. The van der Waals surface area contributed by atoms with Crippen molar-refractivity contribution in [2.24, 2.45) is 5.92 Å². The number of hydrogen-bond acceptors (Lipinski definition) is 2. The Hall–Kier alpha value is -0.117. The number of rotatable bonds is 1. The van der Waals surface area contributed by atoms with Gasteiger partial charge >= 0.3 is 73.4 Å². The van der Waals surface area contributed by atoms with E-state index in [0.29, 0.717) is 0 Å². The summed E-state index contributed by atoms with van der Waals surface area (Å²) in [5, 5.41) is 3.32. The average molecular weight is 519 g/mol. The summed E-state index contributed by atoms with van der Waals surface area (Å²) in [5.74, 6) is 0.973. The molecule has 1 N–H and O–H groups in total. The first-order valence-electron chi connectivity index (χ1n) is 7.72. The van der Waals surface area contributed by atoms with E-state index in [1.54, 1.807) is 12.4 Å². The van der Waals surface area contributed by atoms with Gasteiger partial charge in [0.15, 0.2) is 0 Å². The molecule has 1 aliphatic heterocycles. The summed E-state index contributed by atoms with van der Waals surface area (Å²) >= 11 is 1.63. The van der Waals surface area contributed by atoms with Crippen molar-refractivity contribution in [3.8, 4) is 0 Å². The van der Waals surface area contributed by atoms with Crippen molar-refractivity contribution in [1.82, 2.24) is 10.3 Å². The Balaban J connectivity index is 0.000000185. The number of hydrogen-bond donors (Lipinski definition) is 1. The Bertz CT molecular complexity index is 572. The van der Waals surface area contributed by atoms with Gasteiger partial charge < -0.3 is 5.32 Å². The predicted molar refractivity (Wildman–Crippen MR) is 107 cm³/mol. The fraction of sp³-hybridized carbons (Fsp3) is 0.333. The van der Waals surface area contributed by atoms with Crippen LogP contribution in [-0.4, -0.2) is 22.7 Å². The van der Waals surface area contributed by atoms with Gasteiger partial charge in [0.05, 0.1) is 0 Å². The molecule has 1 fully saturated rings. The third-order valence-corrected chi connectivity index (χ3v) is 5.59. The van der Waals surface area contributed by atoms with Crippen molar-refractivity contribution >= 4 is 39.9 Å². The van der Waals surface area contributed by atoms with Crippen LogP contribution >= 0.6 is 35.3 Å². The summed E-state index contributed by atoms with van der Waals surface area (Å²) in [6.45, 7) is 4.79. The first-order valence-corrected chi connectivity index (χ1v) is 14.0. The van der Waals surface area contributed by atoms with Gasteiger partial charge in [-0.1, -0.05) is 6.92 Å². The fourth-order valence-electron chi connectivity index (χ4n) is 1.92. The van der Waals surface area contributed by atoms with Crippen molar-refractivity contribution in [2.45, 2.75) is 19.8 Å². The maximum absolute atomic E-state index is 5.67. The number of nitrogens with one attached hydrogen (secondary N) is 1. The van der Waals surface area contributed by atoms with Crippen LogP contribution in [0.2, 0.25) is 0 Å². The predicted octanol–water partition coefficient (Wildman–Crippen LogP) is 5.61. The summed E-state index contributed by atoms with van der Waals surface area (Å²) in [4.78, 5) is 3.84. The number of nitrogens with zero attached hydrogens (tertiary/aromatic N) is 1. The molecule has 24 heavy (non-hydrogen) atoms. The second-order valence-corrected chi connectivity index (χ2v) is 12.0. The zero-order valence-electron chi connectivity index (χ0n) is 13.6. The van der Waals surface area contributed by atoms with Crippen LogP contribution in [0.15, 0.2) is 59.3 Å². The summed E-state index contributed by atoms with van der Waals surface area (Å²) < 4.78 is 2.95. The number of halogens is 3. The van der Waals surface area contributed by atoms with Crippen LogP contribution in [0.5, 0.6) is 0 Å². The van der Waals surface area contributed by atoms with E-state index < -0.39 is 13.5 Å². The second-order valence-electron chi connectivity index (χ2n) is 5.32. The molecular weight excluding hydrogens is 496 g/mol. The monoisotopic (exact) mass is 518 g/mol. The summed E-state index contributed by atoms with van der Waals surface area (Å²) in [7, 11) is 11.3. The Labute approximate surface area is 166 Å². The van der Waals surface area contributed by atoms with E-state index in [0.717, 1.165) is 16.0 Å². The molecule has 0 radical (unpaired) electrons. The summed E-state index contributed by atoms with van der Waals surface area (Å²) in [6, 6.07) is 13.7. The van der Waals surface area contributed by atoms with Crippen molar-refractivity contribution in [2.75, 3.05) is 13.1 Å². The molecule has 0 spiro atoms. The van der Waals surface area contributed by atoms with Crippen LogP contribution in [0, 0.1) is 5.92 Å². The molecule has 2 heterocycles. The van der Waals surface area contributed by atoms with Gasteiger partial charge in [-0.2, -0.15) is 0 Å². The Kier molecular flexibility index (Phi) is 12.9.